The van der Waals surface area contributed by atoms with E-state index in [2.05, 4.69) is 44.2 Å². The Bertz CT molecular complexity index is 380. The van der Waals surface area contributed by atoms with Gasteiger partial charge in [-0.1, -0.05) is 147 Å². The van der Waals surface area contributed by atoms with E-state index >= 15 is 0 Å². The molecule has 0 amide bonds. The summed E-state index contributed by atoms with van der Waals surface area (Å²) in [4.78, 5) is 0. The Kier molecular flexibility index (Phi) is 15.8. The van der Waals surface area contributed by atoms with Gasteiger partial charge in [-0.2, -0.15) is 0 Å². The van der Waals surface area contributed by atoms with Crippen LogP contribution in [0, 0.1) is 5.92 Å². The largest absolute Gasteiger partial charge is 0.0654 e. The molecule has 0 heteroatoms. The zero-order chi connectivity index (χ0) is 18.7. The highest BCUT2D eigenvalue weighted by Gasteiger charge is 2.09. The van der Waals surface area contributed by atoms with Gasteiger partial charge in [0.1, 0.15) is 0 Å². The normalized spacial score (nSPS) is 12.4. The standard InChI is InChI=1S/C26H46/c1-3-5-7-9-11-12-14-17-21-25(20-16-13-10-8-6-4-2)24-26-22-18-15-19-23-26/h15,18-19,22-23,25H,3-14,16-17,20-21,24H2,1-2H3. The van der Waals surface area contributed by atoms with Crippen molar-refractivity contribution < 1.29 is 0 Å². The average Bonchev–Trinajstić information content (AvgIpc) is 2.67. The van der Waals surface area contributed by atoms with Gasteiger partial charge in [0.25, 0.3) is 0 Å². The van der Waals surface area contributed by atoms with E-state index in [0.29, 0.717) is 0 Å². The van der Waals surface area contributed by atoms with Gasteiger partial charge >= 0.3 is 0 Å². The molecule has 0 aliphatic carbocycles. The van der Waals surface area contributed by atoms with Crippen LogP contribution in [0.4, 0.5) is 0 Å². The number of hydrogen-bond donors (Lipinski definition) is 0. The molecule has 0 nitrogen and oxygen atoms in total. The lowest BCUT2D eigenvalue weighted by molar-refractivity contribution is 0.400. The molecule has 0 aliphatic heterocycles. The molecule has 0 aromatic heterocycles. The average molecular weight is 359 g/mol. The fourth-order valence-corrected chi connectivity index (χ4v) is 4.08. The van der Waals surface area contributed by atoms with E-state index in [-0.39, 0.29) is 0 Å². The van der Waals surface area contributed by atoms with Crippen molar-refractivity contribution in [3.63, 3.8) is 0 Å². The van der Waals surface area contributed by atoms with Gasteiger partial charge in [0, 0.05) is 0 Å². The Morgan fingerprint density at radius 3 is 1.42 bits per heavy atom. The van der Waals surface area contributed by atoms with Gasteiger partial charge in [0.05, 0.1) is 0 Å². The van der Waals surface area contributed by atoms with Crippen molar-refractivity contribution in [1.29, 1.82) is 0 Å². The van der Waals surface area contributed by atoms with Crippen LogP contribution in [0.25, 0.3) is 0 Å². The topological polar surface area (TPSA) is 0 Å². The molecule has 0 bridgehead atoms. The Morgan fingerprint density at radius 1 is 0.538 bits per heavy atom. The van der Waals surface area contributed by atoms with Gasteiger partial charge in [-0.3, -0.25) is 0 Å². The SMILES string of the molecule is CCCCCCCCCCC(CCCCCCCC)Cc1ccccc1. The monoisotopic (exact) mass is 358 g/mol. The Balaban J connectivity index is 2.20. The molecule has 0 saturated carbocycles. The second kappa shape index (κ2) is 17.6. The molecular formula is C26H46. The zero-order valence-corrected chi connectivity index (χ0v) is 18.0. The summed E-state index contributed by atoms with van der Waals surface area (Å²) in [5, 5.41) is 0. The third-order valence-electron chi connectivity index (χ3n) is 5.80. The molecule has 150 valence electrons. The minimum absolute atomic E-state index is 0.906. The van der Waals surface area contributed by atoms with E-state index in [9.17, 15) is 0 Å². The summed E-state index contributed by atoms with van der Waals surface area (Å²) in [6.07, 6.45) is 24.3. The molecule has 1 aromatic carbocycles. The number of rotatable bonds is 18. The molecule has 0 saturated heterocycles. The molecule has 1 atom stereocenters. The van der Waals surface area contributed by atoms with Crippen molar-refractivity contribution in [1.82, 2.24) is 0 Å². The van der Waals surface area contributed by atoms with Crippen LogP contribution in [0.15, 0.2) is 30.3 Å². The van der Waals surface area contributed by atoms with Crippen LogP contribution in [0.2, 0.25) is 0 Å². The zero-order valence-electron chi connectivity index (χ0n) is 18.0. The van der Waals surface area contributed by atoms with Crippen molar-refractivity contribution >= 4 is 0 Å². The number of hydrogen-bond acceptors (Lipinski definition) is 0. The summed E-state index contributed by atoms with van der Waals surface area (Å²) < 4.78 is 0. The number of benzene rings is 1. The minimum Gasteiger partial charge on any atom is -0.0654 e. The second-order valence-electron chi connectivity index (χ2n) is 8.38. The van der Waals surface area contributed by atoms with Gasteiger partial charge in [-0.25, -0.2) is 0 Å². The van der Waals surface area contributed by atoms with Crippen molar-refractivity contribution in [2.75, 3.05) is 0 Å². The Hall–Kier alpha value is -0.780. The maximum Gasteiger partial charge on any atom is -0.0250 e. The first-order valence-corrected chi connectivity index (χ1v) is 11.9. The molecule has 26 heavy (non-hydrogen) atoms. The first-order valence-electron chi connectivity index (χ1n) is 11.9. The van der Waals surface area contributed by atoms with E-state index in [1.165, 1.54) is 109 Å². The fourth-order valence-electron chi connectivity index (χ4n) is 4.08. The van der Waals surface area contributed by atoms with Crippen molar-refractivity contribution in [2.24, 2.45) is 5.92 Å². The molecule has 1 rings (SSSR count). The molecule has 1 aromatic rings. The summed E-state index contributed by atoms with van der Waals surface area (Å²) in [6.45, 7) is 4.61. The third-order valence-corrected chi connectivity index (χ3v) is 5.80. The lowest BCUT2D eigenvalue weighted by Crippen LogP contribution is -2.05. The quantitative estimate of drug-likeness (QED) is 0.229. The predicted octanol–water partition coefficient (Wildman–Crippen LogP) is 9.13. The highest BCUT2D eigenvalue weighted by molar-refractivity contribution is 5.15. The van der Waals surface area contributed by atoms with Gasteiger partial charge in [-0.05, 0) is 17.9 Å². The van der Waals surface area contributed by atoms with Crippen LogP contribution in [0.3, 0.4) is 0 Å². The Morgan fingerprint density at radius 2 is 0.962 bits per heavy atom. The summed E-state index contributed by atoms with van der Waals surface area (Å²) in [6, 6.07) is 11.2. The van der Waals surface area contributed by atoms with E-state index in [1.807, 2.05) is 0 Å². The molecule has 0 fully saturated rings. The van der Waals surface area contributed by atoms with Gasteiger partial charge in [0.15, 0.2) is 0 Å². The summed E-state index contributed by atoms with van der Waals surface area (Å²) in [5.41, 5.74) is 1.54. The Labute approximate surface area is 165 Å². The first kappa shape index (κ1) is 23.3. The molecule has 0 radical (unpaired) electrons. The minimum atomic E-state index is 0.906. The lowest BCUT2D eigenvalue weighted by atomic mass is 9.89. The number of unbranched alkanes of at least 4 members (excludes halogenated alkanes) is 12. The predicted molar refractivity (Wildman–Crippen MR) is 119 cm³/mol. The van der Waals surface area contributed by atoms with Gasteiger partial charge < -0.3 is 0 Å². The van der Waals surface area contributed by atoms with Crippen LogP contribution in [0.1, 0.15) is 122 Å². The van der Waals surface area contributed by atoms with Crippen LogP contribution in [0.5, 0.6) is 0 Å². The van der Waals surface area contributed by atoms with E-state index in [4.69, 9.17) is 0 Å². The van der Waals surface area contributed by atoms with Crippen LogP contribution in [-0.4, -0.2) is 0 Å². The van der Waals surface area contributed by atoms with Crippen molar-refractivity contribution in [2.45, 2.75) is 123 Å². The molecule has 0 N–H and O–H groups in total. The molecule has 0 spiro atoms. The van der Waals surface area contributed by atoms with Gasteiger partial charge in [0.2, 0.25) is 0 Å². The molecule has 0 heterocycles. The van der Waals surface area contributed by atoms with Crippen molar-refractivity contribution in [3.8, 4) is 0 Å². The maximum atomic E-state index is 2.32. The summed E-state index contributed by atoms with van der Waals surface area (Å²) in [5.74, 6) is 0.906. The highest BCUT2D eigenvalue weighted by atomic mass is 14.1. The highest BCUT2D eigenvalue weighted by Crippen LogP contribution is 2.23. The van der Waals surface area contributed by atoms with E-state index in [0.717, 1.165) is 5.92 Å². The summed E-state index contributed by atoms with van der Waals surface area (Å²) in [7, 11) is 0. The van der Waals surface area contributed by atoms with Crippen molar-refractivity contribution in [3.05, 3.63) is 35.9 Å². The van der Waals surface area contributed by atoms with Crippen LogP contribution in [-0.2, 0) is 6.42 Å². The smallest absolute Gasteiger partial charge is 0.0250 e. The first-order chi connectivity index (χ1) is 12.9. The molecule has 0 aliphatic rings. The molecule has 1 unspecified atom stereocenters. The van der Waals surface area contributed by atoms with Crippen LogP contribution >= 0.6 is 0 Å². The maximum absolute atomic E-state index is 2.32. The summed E-state index contributed by atoms with van der Waals surface area (Å²) >= 11 is 0. The molecular weight excluding hydrogens is 312 g/mol. The second-order valence-corrected chi connectivity index (χ2v) is 8.38. The van der Waals surface area contributed by atoms with E-state index in [1.54, 1.807) is 5.56 Å². The van der Waals surface area contributed by atoms with E-state index < -0.39 is 0 Å². The third kappa shape index (κ3) is 13.4. The van der Waals surface area contributed by atoms with Gasteiger partial charge in [-0.15, -0.1) is 0 Å². The fraction of sp³-hybridized carbons (Fsp3) is 0.769. The lowest BCUT2D eigenvalue weighted by Gasteiger charge is -2.17. The van der Waals surface area contributed by atoms with Crippen LogP contribution < -0.4 is 0 Å².